The molecule has 6 heteroatoms. The van der Waals surface area contributed by atoms with Crippen molar-refractivity contribution < 1.29 is 28.5 Å². The normalized spacial score (nSPS) is 14.7. The summed E-state index contributed by atoms with van der Waals surface area (Å²) in [5, 5.41) is 0. The highest BCUT2D eigenvalue weighted by Crippen LogP contribution is 2.18. The van der Waals surface area contributed by atoms with Crippen LogP contribution in [0.2, 0.25) is 0 Å². The first-order chi connectivity index (χ1) is 15.3. The minimum absolute atomic E-state index is 0. The number of anilines is 2. The number of pyridine rings is 2. The van der Waals surface area contributed by atoms with E-state index in [0.717, 1.165) is 6.54 Å². The second-order valence-corrected chi connectivity index (χ2v) is 9.36. The van der Waals surface area contributed by atoms with Crippen molar-refractivity contribution in [1.82, 2.24) is 4.98 Å². The van der Waals surface area contributed by atoms with Crippen molar-refractivity contribution in [3.63, 3.8) is 0 Å². The summed E-state index contributed by atoms with van der Waals surface area (Å²) in [7, 11) is 0. The van der Waals surface area contributed by atoms with Crippen LogP contribution in [0.15, 0.2) is 49.1 Å². The summed E-state index contributed by atoms with van der Waals surface area (Å²) in [6.45, 7) is 10.5. The minimum Gasteiger partial charge on any atom is -1.00 e. The predicted molar refractivity (Wildman–Crippen MR) is 142 cm³/mol. The number of aryl methyl sites for hydroxylation is 1. The Hall–Kier alpha value is -0.640. The molecular weight excluding hydrogens is 622 g/mol. The summed E-state index contributed by atoms with van der Waals surface area (Å²) < 4.78 is 3.59. The van der Waals surface area contributed by atoms with Crippen LogP contribution < -0.4 is 38.3 Å². The van der Waals surface area contributed by atoms with E-state index in [9.17, 15) is 0 Å². The number of rotatable bonds is 7. The van der Waals surface area contributed by atoms with Gasteiger partial charge in [0.25, 0.3) is 0 Å². The van der Waals surface area contributed by atoms with Gasteiger partial charge in [0.2, 0.25) is 0 Å². The standard InChI is InChI=1S/C13H21N2.C9H12N2.C4H9I.HI/c1-2-3-8-14-11-6-13(7-12-14)15-9-4-5-10-15;1-2-8-11(7-1)9-3-5-10-6-4-9;1-2-3-4-5;/h6-7,11-12H,2-5,8-10H2,1H3;3-6H,1-2,7-8H2;2-4H2,1H3;1H/q+1;;;/p-1. The largest absolute Gasteiger partial charge is 1.00 e. The first kappa shape index (κ1) is 29.4. The van der Waals surface area contributed by atoms with Gasteiger partial charge < -0.3 is 33.8 Å². The lowest BCUT2D eigenvalue weighted by Gasteiger charge is -2.16. The lowest BCUT2D eigenvalue weighted by atomic mass is 10.3. The van der Waals surface area contributed by atoms with Gasteiger partial charge in [-0.25, -0.2) is 4.57 Å². The van der Waals surface area contributed by atoms with Crippen LogP contribution in [0.25, 0.3) is 0 Å². The molecule has 0 N–H and O–H groups in total. The number of halogens is 2. The Balaban J connectivity index is 0.000000266. The number of unbranched alkanes of at least 4 members (excludes halogenated alkanes) is 2. The van der Waals surface area contributed by atoms with Crippen molar-refractivity contribution >= 4 is 34.0 Å². The fourth-order valence-electron chi connectivity index (χ4n) is 3.79. The van der Waals surface area contributed by atoms with Crippen molar-refractivity contribution in [1.29, 1.82) is 0 Å². The van der Waals surface area contributed by atoms with Crippen LogP contribution >= 0.6 is 22.6 Å². The molecule has 0 amide bonds. The molecule has 0 atom stereocenters. The molecule has 4 heterocycles. The van der Waals surface area contributed by atoms with Crippen molar-refractivity contribution in [3.05, 3.63) is 49.1 Å². The van der Waals surface area contributed by atoms with Crippen molar-refractivity contribution in [3.8, 4) is 0 Å². The average molecular weight is 664 g/mol. The summed E-state index contributed by atoms with van der Waals surface area (Å²) in [6, 6.07) is 8.65. The molecule has 2 aliphatic rings. The van der Waals surface area contributed by atoms with Gasteiger partial charge in [0.1, 0.15) is 6.54 Å². The zero-order valence-electron chi connectivity index (χ0n) is 20.1. The lowest BCUT2D eigenvalue weighted by molar-refractivity contribution is -0.697. The van der Waals surface area contributed by atoms with E-state index in [1.807, 2.05) is 12.4 Å². The highest BCUT2D eigenvalue weighted by atomic mass is 127. The topological polar surface area (TPSA) is 23.2 Å². The predicted octanol–water partition coefficient (Wildman–Crippen LogP) is 3.28. The second kappa shape index (κ2) is 18.7. The molecular formula is C26H42I2N4. The van der Waals surface area contributed by atoms with Gasteiger partial charge in [-0.3, -0.25) is 4.98 Å². The van der Waals surface area contributed by atoms with E-state index in [-0.39, 0.29) is 24.0 Å². The van der Waals surface area contributed by atoms with Gasteiger partial charge in [0.15, 0.2) is 12.4 Å². The van der Waals surface area contributed by atoms with Gasteiger partial charge in [-0.1, -0.05) is 49.3 Å². The molecule has 2 aliphatic heterocycles. The van der Waals surface area contributed by atoms with Crippen LogP contribution in [-0.2, 0) is 6.54 Å². The van der Waals surface area contributed by atoms with E-state index < -0.39 is 0 Å². The molecule has 180 valence electrons. The fraction of sp³-hybridized carbons (Fsp3) is 0.615. The van der Waals surface area contributed by atoms with Gasteiger partial charge in [-0.15, -0.1) is 0 Å². The molecule has 4 rings (SSSR count). The number of alkyl halides is 1. The van der Waals surface area contributed by atoms with Crippen LogP contribution in [0.5, 0.6) is 0 Å². The van der Waals surface area contributed by atoms with E-state index >= 15 is 0 Å². The highest BCUT2D eigenvalue weighted by molar-refractivity contribution is 14.1. The monoisotopic (exact) mass is 664 g/mol. The number of hydrogen-bond acceptors (Lipinski definition) is 3. The summed E-state index contributed by atoms with van der Waals surface area (Å²) >= 11 is 2.39. The van der Waals surface area contributed by atoms with Gasteiger partial charge in [0, 0.05) is 68.5 Å². The third kappa shape index (κ3) is 11.5. The van der Waals surface area contributed by atoms with E-state index in [0.29, 0.717) is 0 Å². The molecule has 0 bridgehead atoms. The Kier molecular flexibility index (Phi) is 17.2. The molecule has 2 saturated heterocycles. The fourth-order valence-corrected chi connectivity index (χ4v) is 4.55. The third-order valence-corrected chi connectivity index (χ3v) is 6.50. The minimum atomic E-state index is 0. The molecule has 0 saturated carbocycles. The van der Waals surface area contributed by atoms with Gasteiger partial charge >= 0.3 is 0 Å². The van der Waals surface area contributed by atoms with Crippen LogP contribution in [-0.4, -0.2) is 35.6 Å². The smallest absolute Gasteiger partial charge is 0.170 e. The highest BCUT2D eigenvalue weighted by Gasteiger charge is 2.13. The molecule has 0 aromatic carbocycles. The zero-order chi connectivity index (χ0) is 22.2. The summed E-state index contributed by atoms with van der Waals surface area (Å²) in [5.74, 6) is 0. The lowest BCUT2D eigenvalue weighted by Crippen LogP contribution is -3.00. The van der Waals surface area contributed by atoms with E-state index in [2.05, 4.69) is 92.4 Å². The Labute approximate surface area is 227 Å². The maximum absolute atomic E-state index is 3.99. The first-order valence-corrected chi connectivity index (χ1v) is 13.8. The van der Waals surface area contributed by atoms with Crippen LogP contribution in [0.1, 0.15) is 65.2 Å². The quantitative estimate of drug-likeness (QED) is 0.258. The molecule has 0 unspecified atom stereocenters. The molecule has 2 aromatic heterocycles. The third-order valence-electron chi connectivity index (χ3n) is 5.74. The van der Waals surface area contributed by atoms with Crippen LogP contribution in [0.3, 0.4) is 0 Å². The Morgan fingerprint density at radius 2 is 1.25 bits per heavy atom. The maximum Gasteiger partial charge on any atom is 0.170 e. The molecule has 0 aliphatic carbocycles. The summed E-state index contributed by atoms with van der Waals surface area (Å²) in [6.07, 6.45) is 18.8. The number of hydrogen-bond donors (Lipinski definition) is 0. The molecule has 32 heavy (non-hydrogen) atoms. The molecule has 0 spiro atoms. The van der Waals surface area contributed by atoms with Crippen LogP contribution in [0, 0.1) is 0 Å². The summed E-state index contributed by atoms with van der Waals surface area (Å²) in [5.41, 5.74) is 2.71. The van der Waals surface area contributed by atoms with E-state index in [4.69, 9.17) is 0 Å². The Morgan fingerprint density at radius 1 is 0.781 bits per heavy atom. The zero-order valence-corrected chi connectivity index (χ0v) is 24.4. The average Bonchev–Trinajstić information content (AvgIpc) is 3.55. The van der Waals surface area contributed by atoms with Crippen molar-refractivity contribution in [2.75, 3.05) is 40.4 Å². The summed E-state index contributed by atoms with van der Waals surface area (Å²) in [4.78, 5) is 8.87. The van der Waals surface area contributed by atoms with Crippen molar-refractivity contribution in [2.24, 2.45) is 0 Å². The Morgan fingerprint density at radius 3 is 1.66 bits per heavy atom. The van der Waals surface area contributed by atoms with Crippen molar-refractivity contribution in [2.45, 2.75) is 71.8 Å². The molecule has 4 nitrogen and oxygen atoms in total. The Bertz CT molecular complexity index is 668. The maximum atomic E-state index is 3.99. The number of nitrogens with zero attached hydrogens (tertiary/aromatic N) is 4. The molecule has 2 aromatic rings. The van der Waals surface area contributed by atoms with Gasteiger partial charge in [-0.2, -0.15) is 0 Å². The van der Waals surface area contributed by atoms with Gasteiger partial charge in [0.05, 0.1) is 0 Å². The molecule has 2 fully saturated rings. The SMILES string of the molecule is CCCCI.CCCC[n+]1ccc(N2CCCC2)cc1.[I-].c1cc(N2CCCC2)ccn1. The van der Waals surface area contributed by atoms with Crippen LogP contribution in [0.4, 0.5) is 11.4 Å². The second-order valence-electron chi connectivity index (χ2n) is 8.28. The van der Waals surface area contributed by atoms with E-state index in [1.165, 1.54) is 93.3 Å². The van der Waals surface area contributed by atoms with E-state index in [1.54, 1.807) is 0 Å². The van der Waals surface area contributed by atoms with Gasteiger partial charge in [-0.05, 0) is 48.7 Å². The first-order valence-electron chi connectivity index (χ1n) is 12.2. The molecule has 0 radical (unpaired) electrons. The number of aromatic nitrogens is 2.